The molecule has 0 unspecified atom stereocenters. The third kappa shape index (κ3) is 2.39. The van der Waals surface area contributed by atoms with Gasteiger partial charge in [0.05, 0.1) is 11.3 Å². The maximum absolute atomic E-state index is 12.8. The largest absolute Gasteiger partial charge is 0.416 e. The molecule has 0 aliphatic carbocycles. The van der Waals surface area contributed by atoms with Crippen LogP contribution in [0.25, 0.3) is 11.6 Å². The van der Waals surface area contributed by atoms with E-state index in [0.717, 1.165) is 23.4 Å². The number of hydrogen-bond acceptors (Lipinski definition) is 1. The number of hydrogen-bond donors (Lipinski definition) is 0. The quantitative estimate of drug-likeness (QED) is 0.722. The SMILES string of the molecule is CN1C(=O)/C(=C\c2cccc(C(F)(F)F)c2)c2ccccc21. The summed E-state index contributed by atoms with van der Waals surface area (Å²) < 4.78 is 38.3. The highest BCUT2D eigenvalue weighted by Crippen LogP contribution is 2.37. The number of amides is 1. The van der Waals surface area contributed by atoms with Gasteiger partial charge in [0.2, 0.25) is 0 Å². The molecule has 1 heterocycles. The molecule has 0 saturated heterocycles. The van der Waals surface area contributed by atoms with Crippen LogP contribution in [0.2, 0.25) is 0 Å². The fourth-order valence-corrected chi connectivity index (χ4v) is 2.51. The number of fused-ring (bicyclic) bond motifs is 1. The van der Waals surface area contributed by atoms with Gasteiger partial charge in [0.15, 0.2) is 0 Å². The van der Waals surface area contributed by atoms with Gasteiger partial charge in [-0.3, -0.25) is 4.79 Å². The van der Waals surface area contributed by atoms with E-state index in [9.17, 15) is 18.0 Å². The molecule has 5 heteroatoms. The number of para-hydroxylation sites is 1. The molecule has 1 aliphatic rings. The van der Waals surface area contributed by atoms with E-state index in [0.29, 0.717) is 11.1 Å². The molecule has 2 nitrogen and oxygen atoms in total. The summed E-state index contributed by atoms with van der Waals surface area (Å²) in [4.78, 5) is 13.8. The van der Waals surface area contributed by atoms with Crippen molar-refractivity contribution in [2.45, 2.75) is 6.18 Å². The minimum atomic E-state index is -4.40. The zero-order valence-electron chi connectivity index (χ0n) is 11.7. The Morgan fingerprint density at radius 3 is 2.50 bits per heavy atom. The number of likely N-dealkylation sites (N-methyl/N-ethyl adjacent to an activating group) is 1. The zero-order valence-corrected chi connectivity index (χ0v) is 11.7. The Balaban J connectivity index is 2.08. The molecule has 0 atom stereocenters. The van der Waals surface area contributed by atoms with Gasteiger partial charge >= 0.3 is 6.18 Å². The second-order valence-electron chi connectivity index (χ2n) is 5.06. The lowest BCUT2D eigenvalue weighted by Crippen LogP contribution is -2.20. The van der Waals surface area contributed by atoms with Crippen LogP contribution in [0.15, 0.2) is 48.5 Å². The van der Waals surface area contributed by atoms with Crippen LogP contribution in [0.1, 0.15) is 16.7 Å². The third-order valence-electron chi connectivity index (χ3n) is 3.62. The number of nitrogens with zero attached hydrogens (tertiary/aromatic N) is 1. The van der Waals surface area contributed by atoms with Gasteiger partial charge in [-0.1, -0.05) is 30.3 Å². The topological polar surface area (TPSA) is 20.3 Å². The van der Waals surface area contributed by atoms with Gasteiger partial charge in [0.1, 0.15) is 0 Å². The minimum absolute atomic E-state index is 0.224. The van der Waals surface area contributed by atoms with Crippen LogP contribution >= 0.6 is 0 Å². The molecule has 0 fully saturated rings. The maximum Gasteiger partial charge on any atom is 0.416 e. The van der Waals surface area contributed by atoms with Crippen molar-refractivity contribution < 1.29 is 18.0 Å². The molecule has 3 rings (SSSR count). The third-order valence-corrected chi connectivity index (χ3v) is 3.62. The molecule has 22 heavy (non-hydrogen) atoms. The lowest BCUT2D eigenvalue weighted by Gasteiger charge is -2.08. The van der Waals surface area contributed by atoms with Crippen molar-refractivity contribution in [1.29, 1.82) is 0 Å². The van der Waals surface area contributed by atoms with Crippen molar-refractivity contribution in [2.75, 3.05) is 11.9 Å². The summed E-state index contributed by atoms with van der Waals surface area (Å²) in [5.41, 5.74) is 1.51. The van der Waals surface area contributed by atoms with Crippen molar-refractivity contribution in [2.24, 2.45) is 0 Å². The van der Waals surface area contributed by atoms with Gasteiger partial charge in [-0.15, -0.1) is 0 Å². The number of anilines is 1. The molecule has 0 spiro atoms. The molecule has 112 valence electrons. The van der Waals surface area contributed by atoms with Crippen LogP contribution < -0.4 is 4.90 Å². The predicted molar refractivity (Wildman–Crippen MR) is 79.2 cm³/mol. The summed E-state index contributed by atoms with van der Waals surface area (Å²) in [6.45, 7) is 0. The molecule has 0 aromatic heterocycles. The highest BCUT2D eigenvalue weighted by Gasteiger charge is 2.31. The molecular formula is C17H12F3NO. The fourth-order valence-electron chi connectivity index (χ4n) is 2.51. The Morgan fingerprint density at radius 2 is 1.77 bits per heavy atom. The molecule has 1 aliphatic heterocycles. The first kappa shape index (κ1) is 14.4. The van der Waals surface area contributed by atoms with Crippen molar-refractivity contribution >= 4 is 23.2 Å². The Labute approximate surface area is 125 Å². The Bertz CT molecular complexity index is 777. The number of alkyl halides is 3. The first-order chi connectivity index (χ1) is 10.4. The number of halogens is 3. The summed E-state index contributed by atoms with van der Waals surface area (Å²) in [6, 6.07) is 12.2. The fraction of sp³-hybridized carbons (Fsp3) is 0.118. The van der Waals surface area contributed by atoms with E-state index < -0.39 is 11.7 Å². The first-order valence-corrected chi connectivity index (χ1v) is 6.64. The smallest absolute Gasteiger partial charge is 0.311 e. The van der Waals surface area contributed by atoms with Gasteiger partial charge < -0.3 is 4.90 Å². The van der Waals surface area contributed by atoms with Crippen molar-refractivity contribution in [3.63, 3.8) is 0 Å². The Kier molecular flexibility index (Phi) is 3.28. The normalized spacial score (nSPS) is 16.3. The van der Waals surface area contributed by atoms with Crippen LogP contribution in [-0.4, -0.2) is 13.0 Å². The van der Waals surface area contributed by atoms with Crippen LogP contribution in [-0.2, 0) is 11.0 Å². The molecular weight excluding hydrogens is 291 g/mol. The first-order valence-electron chi connectivity index (χ1n) is 6.64. The number of carbonyl (C=O) groups excluding carboxylic acids is 1. The maximum atomic E-state index is 12.8. The summed E-state index contributed by atoms with van der Waals surface area (Å²) >= 11 is 0. The Morgan fingerprint density at radius 1 is 1.05 bits per heavy atom. The van der Waals surface area contributed by atoms with Crippen LogP contribution in [0.3, 0.4) is 0 Å². The van der Waals surface area contributed by atoms with Crippen molar-refractivity contribution in [1.82, 2.24) is 0 Å². The average Bonchev–Trinajstić information content (AvgIpc) is 2.72. The van der Waals surface area contributed by atoms with E-state index in [-0.39, 0.29) is 5.91 Å². The zero-order chi connectivity index (χ0) is 15.9. The van der Waals surface area contributed by atoms with Gasteiger partial charge in [-0.2, -0.15) is 13.2 Å². The monoisotopic (exact) mass is 303 g/mol. The predicted octanol–water partition coefficient (Wildman–Crippen LogP) is 4.22. The molecule has 0 bridgehead atoms. The average molecular weight is 303 g/mol. The second kappa shape index (κ2) is 5.02. The van der Waals surface area contributed by atoms with Crippen LogP contribution in [0.4, 0.5) is 18.9 Å². The van der Waals surface area contributed by atoms with Gasteiger partial charge in [-0.05, 0) is 29.8 Å². The summed E-state index contributed by atoms with van der Waals surface area (Å²) in [5.74, 6) is -0.224. The van der Waals surface area contributed by atoms with Gasteiger partial charge in [-0.25, -0.2) is 0 Å². The van der Waals surface area contributed by atoms with E-state index in [1.54, 1.807) is 31.3 Å². The van der Waals surface area contributed by atoms with E-state index in [4.69, 9.17) is 0 Å². The molecule has 0 radical (unpaired) electrons. The molecule has 2 aromatic carbocycles. The number of carbonyl (C=O) groups is 1. The molecule has 0 saturated carbocycles. The lowest BCUT2D eigenvalue weighted by atomic mass is 10.0. The van der Waals surface area contributed by atoms with E-state index in [1.807, 2.05) is 6.07 Å². The van der Waals surface area contributed by atoms with Gasteiger partial charge in [0.25, 0.3) is 5.91 Å². The molecule has 1 amide bonds. The summed E-state index contributed by atoms with van der Waals surface area (Å²) in [7, 11) is 1.65. The Hall–Kier alpha value is -2.56. The molecule has 2 aromatic rings. The van der Waals surface area contributed by atoms with Crippen LogP contribution in [0.5, 0.6) is 0 Å². The van der Waals surface area contributed by atoms with E-state index in [1.165, 1.54) is 17.0 Å². The van der Waals surface area contributed by atoms with E-state index >= 15 is 0 Å². The number of benzene rings is 2. The van der Waals surface area contributed by atoms with E-state index in [2.05, 4.69) is 0 Å². The number of rotatable bonds is 1. The highest BCUT2D eigenvalue weighted by atomic mass is 19.4. The second-order valence-corrected chi connectivity index (χ2v) is 5.06. The summed E-state index contributed by atoms with van der Waals surface area (Å²) in [5, 5.41) is 0. The standard InChI is InChI=1S/C17H12F3NO/c1-21-15-8-3-2-7-13(15)14(16(21)22)10-11-5-4-6-12(9-11)17(18,19)20/h2-10H,1H3/b14-10-. The van der Waals surface area contributed by atoms with Crippen LogP contribution in [0, 0.1) is 0 Å². The molecule has 0 N–H and O–H groups in total. The van der Waals surface area contributed by atoms with Gasteiger partial charge in [0, 0.05) is 18.2 Å². The highest BCUT2D eigenvalue weighted by molar-refractivity contribution is 6.35. The minimum Gasteiger partial charge on any atom is -0.311 e. The van der Waals surface area contributed by atoms with Crippen molar-refractivity contribution in [3.8, 4) is 0 Å². The summed E-state index contributed by atoms with van der Waals surface area (Å²) in [6.07, 6.45) is -2.90. The lowest BCUT2D eigenvalue weighted by molar-refractivity contribution is -0.137. The van der Waals surface area contributed by atoms with Crippen molar-refractivity contribution in [3.05, 3.63) is 65.2 Å².